The molecule has 0 bridgehead atoms. The fourth-order valence-corrected chi connectivity index (χ4v) is 3.65. The molecule has 2 aromatic carbocycles. The molecular weight excluding hydrogens is 412 g/mol. The van der Waals surface area contributed by atoms with E-state index in [9.17, 15) is 4.79 Å². The molecule has 0 saturated carbocycles. The molecule has 0 aliphatic carbocycles. The van der Waals surface area contributed by atoms with Crippen molar-refractivity contribution in [1.82, 2.24) is 5.32 Å². The average molecular weight is 429 g/mol. The summed E-state index contributed by atoms with van der Waals surface area (Å²) in [5.41, 5.74) is 1.53. The number of nitrogens with zero attached hydrogens (tertiary/aromatic N) is 1. The van der Waals surface area contributed by atoms with Gasteiger partial charge < -0.3 is 19.5 Å². The number of methoxy groups -OCH3 is 1. The lowest BCUT2D eigenvalue weighted by atomic mass is 9.96. The summed E-state index contributed by atoms with van der Waals surface area (Å²) in [6.45, 7) is 0.763. The highest BCUT2D eigenvalue weighted by Gasteiger charge is 2.22. The molecule has 1 unspecified atom stereocenters. The third-order valence-corrected chi connectivity index (χ3v) is 5.12. The van der Waals surface area contributed by atoms with Gasteiger partial charge in [0.1, 0.15) is 11.6 Å². The molecule has 1 amide bonds. The lowest BCUT2D eigenvalue weighted by Gasteiger charge is -2.18. The van der Waals surface area contributed by atoms with Crippen LogP contribution in [0, 0.1) is 0 Å². The van der Waals surface area contributed by atoms with E-state index in [0.717, 1.165) is 21.5 Å². The van der Waals surface area contributed by atoms with Gasteiger partial charge >= 0.3 is 0 Å². The zero-order valence-corrected chi connectivity index (χ0v) is 16.2. The first-order valence-corrected chi connectivity index (χ1v) is 9.21. The lowest BCUT2D eigenvalue weighted by molar-refractivity contribution is 0.0974. The second-order valence-corrected chi connectivity index (χ2v) is 6.93. The highest BCUT2D eigenvalue weighted by atomic mass is 79.9. The van der Waals surface area contributed by atoms with E-state index in [4.69, 9.17) is 14.2 Å². The molecule has 0 radical (unpaired) electrons. The third-order valence-electron chi connectivity index (χ3n) is 4.43. The van der Waals surface area contributed by atoms with Crippen LogP contribution in [-0.4, -0.2) is 32.2 Å². The Labute approximate surface area is 165 Å². The molecule has 0 aromatic heterocycles. The van der Waals surface area contributed by atoms with Crippen molar-refractivity contribution in [1.29, 1.82) is 0 Å². The van der Waals surface area contributed by atoms with Crippen LogP contribution in [0.3, 0.4) is 0 Å². The summed E-state index contributed by atoms with van der Waals surface area (Å²) in [4.78, 5) is 17.0. The smallest absolute Gasteiger partial charge is 0.260 e. The van der Waals surface area contributed by atoms with Crippen molar-refractivity contribution in [2.75, 3.05) is 20.4 Å². The number of rotatable bonds is 3. The van der Waals surface area contributed by atoms with Crippen molar-refractivity contribution in [3.63, 3.8) is 0 Å². The molecule has 138 valence electrons. The Morgan fingerprint density at radius 2 is 2.04 bits per heavy atom. The monoisotopic (exact) mass is 428 g/mol. The Morgan fingerprint density at radius 1 is 1.26 bits per heavy atom. The van der Waals surface area contributed by atoms with Crippen LogP contribution in [0.2, 0.25) is 0 Å². The number of carbonyl (C=O) groups is 1. The van der Waals surface area contributed by atoms with Gasteiger partial charge in [-0.3, -0.25) is 9.79 Å². The summed E-state index contributed by atoms with van der Waals surface area (Å²) in [6, 6.07) is 11.0. The van der Waals surface area contributed by atoms with Crippen molar-refractivity contribution in [3.05, 3.63) is 64.1 Å². The number of aliphatic imine (C=N–C) groups is 1. The predicted molar refractivity (Wildman–Crippen MR) is 105 cm³/mol. The molecule has 0 fully saturated rings. The summed E-state index contributed by atoms with van der Waals surface area (Å²) in [7, 11) is 1.54. The minimum Gasteiger partial charge on any atom is -0.496 e. The average Bonchev–Trinajstić information content (AvgIpc) is 3.15. The van der Waals surface area contributed by atoms with E-state index < -0.39 is 0 Å². The SMILES string of the molecule is COc1ccccc1C(=O)NC1=NCC(c2cc3c(cc2Br)OCO3)C=C1. The minimum absolute atomic E-state index is 0.0841. The van der Waals surface area contributed by atoms with E-state index >= 15 is 0 Å². The summed E-state index contributed by atoms with van der Waals surface area (Å²) >= 11 is 3.59. The molecule has 2 aromatic rings. The van der Waals surface area contributed by atoms with Crippen LogP contribution in [-0.2, 0) is 0 Å². The Balaban J connectivity index is 1.47. The fourth-order valence-electron chi connectivity index (χ4n) is 3.03. The second-order valence-electron chi connectivity index (χ2n) is 6.07. The van der Waals surface area contributed by atoms with E-state index in [1.807, 2.05) is 30.4 Å². The molecular formula is C20H17BrN2O4. The van der Waals surface area contributed by atoms with Gasteiger partial charge in [-0.05, 0) is 35.9 Å². The number of amides is 1. The number of fused-ring (bicyclic) bond motifs is 1. The first-order chi connectivity index (χ1) is 13.2. The van der Waals surface area contributed by atoms with Crippen LogP contribution in [0.1, 0.15) is 21.8 Å². The third kappa shape index (κ3) is 3.55. The molecule has 2 heterocycles. The highest BCUT2D eigenvalue weighted by molar-refractivity contribution is 9.10. The topological polar surface area (TPSA) is 69.2 Å². The first-order valence-electron chi connectivity index (χ1n) is 8.42. The van der Waals surface area contributed by atoms with Crippen LogP contribution in [0.4, 0.5) is 0 Å². The number of para-hydroxylation sites is 1. The van der Waals surface area contributed by atoms with Gasteiger partial charge in [-0.2, -0.15) is 0 Å². The number of hydrogen-bond donors (Lipinski definition) is 1. The maximum absolute atomic E-state index is 12.5. The van der Waals surface area contributed by atoms with E-state index in [2.05, 4.69) is 26.2 Å². The number of hydrogen-bond acceptors (Lipinski definition) is 5. The number of amidine groups is 1. The Morgan fingerprint density at radius 3 is 2.78 bits per heavy atom. The normalized spacial score (nSPS) is 17.4. The van der Waals surface area contributed by atoms with E-state index in [0.29, 0.717) is 23.7 Å². The number of dihydropyridines is 1. The number of ether oxygens (including phenoxy) is 3. The van der Waals surface area contributed by atoms with Crippen molar-refractivity contribution >= 4 is 27.7 Å². The van der Waals surface area contributed by atoms with Crippen LogP contribution < -0.4 is 19.5 Å². The molecule has 6 nitrogen and oxygen atoms in total. The number of halogens is 1. The standard InChI is InChI=1S/C20H17BrN2O4/c1-25-16-5-3-2-4-13(16)20(24)23-19-7-6-12(10-22-19)14-8-17-18(9-15(14)21)27-11-26-17/h2-9,12H,10-11H2,1H3,(H,22,23,24). The van der Waals surface area contributed by atoms with Crippen LogP contribution in [0.15, 0.2) is 58.0 Å². The van der Waals surface area contributed by atoms with E-state index in [-0.39, 0.29) is 18.6 Å². The quantitative estimate of drug-likeness (QED) is 0.809. The van der Waals surface area contributed by atoms with Crippen LogP contribution in [0.5, 0.6) is 17.2 Å². The minimum atomic E-state index is -0.251. The lowest BCUT2D eigenvalue weighted by Crippen LogP contribution is -2.31. The fraction of sp³-hybridized carbons (Fsp3) is 0.200. The molecule has 1 atom stereocenters. The van der Waals surface area contributed by atoms with Crippen molar-refractivity contribution in [2.24, 2.45) is 4.99 Å². The summed E-state index contributed by atoms with van der Waals surface area (Å²) in [5.74, 6) is 2.36. The van der Waals surface area contributed by atoms with Gasteiger partial charge in [0.05, 0.1) is 19.2 Å². The van der Waals surface area contributed by atoms with Gasteiger partial charge in [0, 0.05) is 10.4 Å². The molecule has 7 heteroatoms. The van der Waals surface area contributed by atoms with Gasteiger partial charge in [0.25, 0.3) is 5.91 Å². The largest absolute Gasteiger partial charge is 0.496 e. The summed E-state index contributed by atoms with van der Waals surface area (Å²) in [6.07, 6.45) is 3.84. The summed E-state index contributed by atoms with van der Waals surface area (Å²) < 4.78 is 17.0. The number of nitrogens with one attached hydrogen (secondary N) is 1. The highest BCUT2D eigenvalue weighted by Crippen LogP contribution is 2.40. The van der Waals surface area contributed by atoms with Crippen LogP contribution >= 0.6 is 15.9 Å². The maximum atomic E-state index is 12.5. The van der Waals surface area contributed by atoms with Gasteiger partial charge in [-0.15, -0.1) is 0 Å². The molecule has 0 spiro atoms. The molecule has 27 heavy (non-hydrogen) atoms. The van der Waals surface area contributed by atoms with Crippen molar-refractivity contribution in [3.8, 4) is 17.2 Å². The zero-order valence-electron chi connectivity index (χ0n) is 14.6. The van der Waals surface area contributed by atoms with E-state index in [1.165, 1.54) is 7.11 Å². The molecule has 2 aliphatic rings. The van der Waals surface area contributed by atoms with E-state index in [1.54, 1.807) is 18.2 Å². The molecule has 2 aliphatic heterocycles. The second kappa shape index (κ2) is 7.44. The van der Waals surface area contributed by atoms with Crippen molar-refractivity contribution < 1.29 is 19.0 Å². The molecule has 0 saturated heterocycles. The maximum Gasteiger partial charge on any atom is 0.260 e. The number of carbonyl (C=O) groups excluding carboxylic acids is 1. The predicted octanol–water partition coefficient (Wildman–Crippen LogP) is 3.67. The zero-order chi connectivity index (χ0) is 18.8. The van der Waals surface area contributed by atoms with Crippen LogP contribution in [0.25, 0.3) is 0 Å². The molecule has 4 rings (SSSR count). The Bertz CT molecular complexity index is 955. The van der Waals surface area contributed by atoms with Gasteiger partial charge in [-0.25, -0.2) is 0 Å². The molecule has 1 N–H and O–H groups in total. The first kappa shape index (κ1) is 17.6. The van der Waals surface area contributed by atoms with Crippen molar-refractivity contribution in [2.45, 2.75) is 5.92 Å². The van der Waals surface area contributed by atoms with Gasteiger partial charge in [-0.1, -0.05) is 34.1 Å². The Hall–Kier alpha value is -2.80. The van der Waals surface area contributed by atoms with Gasteiger partial charge in [0.15, 0.2) is 11.5 Å². The number of benzene rings is 2. The van der Waals surface area contributed by atoms with Gasteiger partial charge in [0.2, 0.25) is 6.79 Å². The summed E-state index contributed by atoms with van der Waals surface area (Å²) in [5, 5.41) is 2.83. The Kier molecular flexibility index (Phi) is 4.85.